The molecule has 1 aromatic carbocycles. The number of morpholine rings is 1. The monoisotopic (exact) mass is 316 g/mol. The molecule has 2 N–H and O–H groups in total. The molecular formula is C12H14BrFN2O2. The van der Waals surface area contributed by atoms with Gasteiger partial charge >= 0.3 is 0 Å². The topological polar surface area (TPSA) is 50.4 Å². The first-order valence-electron chi connectivity index (χ1n) is 5.72. The zero-order chi connectivity index (χ0) is 13.0. The van der Waals surface area contributed by atoms with Gasteiger partial charge in [-0.25, -0.2) is 4.39 Å². The van der Waals surface area contributed by atoms with Crippen LogP contribution in [0.1, 0.15) is 10.4 Å². The Kier molecular flexibility index (Phi) is 4.68. The predicted molar refractivity (Wildman–Crippen MR) is 69.0 cm³/mol. The normalized spacial score (nSPS) is 19.6. The molecule has 1 amide bonds. The third-order valence-electron chi connectivity index (χ3n) is 2.62. The Morgan fingerprint density at radius 1 is 1.56 bits per heavy atom. The minimum Gasteiger partial charge on any atom is -0.374 e. The molecule has 0 aliphatic carbocycles. The number of amides is 1. The van der Waals surface area contributed by atoms with Gasteiger partial charge in [-0.1, -0.05) is 15.9 Å². The fourth-order valence-corrected chi connectivity index (χ4v) is 2.21. The lowest BCUT2D eigenvalue weighted by atomic mass is 10.2. The minimum absolute atomic E-state index is 0.0281. The largest absolute Gasteiger partial charge is 0.374 e. The molecule has 0 bridgehead atoms. The van der Waals surface area contributed by atoms with E-state index < -0.39 is 5.82 Å². The van der Waals surface area contributed by atoms with Crippen LogP contribution < -0.4 is 10.6 Å². The summed E-state index contributed by atoms with van der Waals surface area (Å²) >= 11 is 3.15. The van der Waals surface area contributed by atoms with Crippen LogP contribution in [-0.4, -0.2) is 38.3 Å². The van der Waals surface area contributed by atoms with Crippen LogP contribution in [0.5, 0.6) is 0 Å². The molecule has 1 heterocycles. The molecule has 18 heavy (non-hydrogen) atoms. The zero-order valence-electron chi connectivity index (χ0n) is 9.71. The first-order chi connectivity index (χ1) is 8.65. The fraction of sp³-hybridized carbons (Fsp3) is 0.417. The van der Waals surface area contributed by atoms with Crippen LogP contribution in [0, 0.1) is 5.82 Å². The van der Waals surface area contributed by atoms with Gasteiger partial charge in [-0.05, 0) is 18.2 Å². The van der Waals surface area contributed by atoms with Gasteiger partial charge in [-0.2, -0.15) is 0 Å². The summed E-state index contributed by atoms with van der Waals surface area (Å²) in [5.41, 5.74) is 0.297. The molecule has 0 saturated carbocycles. The van der Waals surface area contributed by atoms with Gasteiger partial charge in [0.2, 0.25) is 0 Å². The van der Waals surface area contributed by atoms with E-state index in [1.165, 1.54) is 12.1 Å². The highest BCUT2D eigenvalue weighted by atomic mass is 79.9. The Morgan fingerprint density at radius 2 is 2.39 bits per heavy atom. The lowest BCUT2D eigenvalue weighted by molar-refractivity contribution is 0.0287. The highest BCUT2D eigenvalue weighted by Gasteiger charge is 2.15. The highest BCUT2D eigenvalue weighted by Crippen LogP contribution is 2.14. The van der Waals surface area contributed by atoms with Crippen molar-refractivity contribution in [3.63, 3.8) is 0 Å². The second-order valence-electron chi connectivity index (χ2n) is 4.07. The van der Waals surface area contributed by atoms with Crippen LogP contribution in [0.2, 0.25) is 0 Å². The summed E-state index contributed by atoms with van der Waals surface area (Å²) in [6.07, 6.45) is -0.0281. The number of carbonyl (C=O) groups is 1. The van der Waals surface area contributed by atoms with Crippen LogP contribution in [0.15, 0.2) is 22.7 Å². The number of hydrogen-bond acceptors (Lipinski definition) is 3. The number of nitrogens with one attached hydrogen (secondary N) is 2. The number of hydrogen-bond donors (Lipinski definition) is 2. The van der Waals surface area contributed by atoms with Gasteiger partial charge in [0.25, 0.3) is 5.91 Å². The average molecular weight is 317 g/mol. The van der Waals surface area contributed by atoms with Crippen LogP contribution in [0.3, 0.4) is 0 Å². The smallest absolute Gasteiger partial charge is 0.251 e. The molecular weight excluding hydrogens is 303 g/mol. The molecule has 2 rings (SSSR count). The molecule has 0 spiro atoms. The van der Waals surface area contributed by atoms with Gasteiger partial charge in [0.05, 0.1) is 12.7 Å². The molecule has 1 atom stereocenters. The minimum atomic E-state index is -0.440. The maximum atomic E-state index is 13.1. The molecule has 1 aliphatic heterocycles. The van der Waals surface area contributed by atoms with Crippen molar-refractivity contribution in [2.45, 2.75) is 6.10 Å². The van der Waals surface area contributed by atoms with E-state index in [0.717, 1.165) is 6.54 Å². The lowest BCUT2D eigenvalue weighted by Crippen LogP contribution is -2.45. The van der Waals surface area contributed by atoms with E-state index in [4.69, 9.17) is 4.74 Å². The van der Waals surface area contributed by atoms with E-state index in [0.29, 0.717) is 29.7 Å². The van der Waals surface area contributed by atoms with Gasteiger partial charge in [-0.15, -0.1) is 0 Å². The zero-order valence-corrected chi connectivity index (χ0v) is 11.3. The number of rotatable bonds is 3. The second-order valence-corrected chi connectivity index (χ2v) is 4.98. The molecule has 1 saturated heterocycles. The Hall–Kier alpha value is -0.980. The summed E-state index contributed by atoms with van der Waals surface area (Å²) in [5.74, 6) is -0.741. The van der Waals surface area contributed by atoms with E-state index in [-0.39, 0.29) is 12.0 Å². The van der Waals surface area contributed by atoms with Crippen LogP contribution >= 0.6 is 15.9 Å². The molecule has 1 unspecified atom stereocenters. The number of benzene rings is 1. The van der Waals surface area contributed by atoms with Gasteiger partial charge in [0.15, 0.2) is 0 Å². The highest BCUT2D eigenvalue weighted by molar-refractivity contribution is 9.10. The van der Waals surface area contributed by atoms with Gasteiger partial charge in [0, 0.05) is 29.7 Å². The SMILES string of the molecule is O=C(NCC1CNCCO1)c1cc(F)cc(Br)c1. The fourth-order valence-electron chi connectivity index (χ4n) is 1.74. The van der Waals surface area contributed by atoms with Gasteiger partial charge < -0.3 is 15.4 Å². The standard InChI is InChI=1S/C12H14BrFN2O2/c13-9-3-8(4-10(14)5-9)12(17)16-7-11-6-15-1-2-18-11/h3-5,11,15H,1-2,6-7H2,(H,16,17). The molecule has 1 aliphatic rings. The molecule has 4 nitrogen and oxygen atoms in total. The number of carbonyl (C=O) groups excluding carboxylic acids is 1. The Morgan fingerprint density at radius 3 is 3.06 bits per heavy atom. The van der Waals surface area contributed by atoms with Crippen LogP contribution in [-0.2, 0) is 4.74 Å². The van der Waals surface area contributed by atoms with Crippen molar-refractivity contribution < 1.29 is 13.9 Å². The second kappa shape index (κ2) is 6.26. The maximum Gasteiger partial charge on any atom is 0.251 e. The Labute approximate surface area is 113 Å². The summed E-state index contributed by atoms with van der Waals surface area (Å²) in [6, 6.07) is 4.10. The molecule has 98 valence electrons. The Bertz CT molecular complexity index is 416. The number of ether oxygens (including phenoxy) is 1. The van der Waals surface area contributed by atoms with E-state index >= 15 is 0 Å². The molecule has 1 aromatic rings. The van der Waals surface area contributed by atoms with Gasteiger partial charge in [0.1, 0.15) is 5.82 Å². The number of halogens is 2. The van der Waals surface area contributed by atoms with Gasteiger partial charge in [-0.3, -0.25) is 4.79 Å². The molecule has 0 aromatic heterocycles. The summed E-state index contributed by atoms with van der Waals surface area (Å²) in [7, 11) is 0. The van der Waals surface area contributed by atoms with E-state index in [1.54, 1.807) is 6.07 Å². The first kappa shape index (κ1) is 13.5. The van der Waals surface area contributed by atoms with Crippen molar-refractivity contribution in [1.29, 1.82) is 0 Å². The Balaban J connectivity index is 1.90. The van der Waals surface area contributed by atoms with Crippen molar-refractivity contribution >= 4 is 21.8 Å². The molecule has 6 heteroatoms. The average Bonchev–Trinajstić information content (AvgIpc) is 2.36. The molecule has 1 fully saturated rings. The third kappa shape index (κ3) is 3.76. The maximum absolute atomic E-state index is 13.1. The third-order valence-corrected chi connectivity index (χ3v) is 3.08. The summed E-state index contributed by atoms with van der Waals surface area (Å²) in [4.78, 5) is 11.8. The van der Waals surface area contributed by atoms with Crippen molar-refractivity contribution in [2.75, 3.05) is 26.2 Å². The summed E-state index contributed by atoms with van der Waals surface area (Å²) in [5, 5.41) is 5.90. The predicted octanol–water partition coefficient (Wildman–Crippen LogP) is 1.31. The quantitative estimate of drug-likeness (QED) is 0.884. The first-order valence-corrected chi connectivity index (χ1v) is 6.51. The van der Waals surface area contributed by atoms with Crippen LogP contribution in [0.25, 0.3) is 0 Å². The van der Waals surface area contributed by atoms with Crippen molar-refractivity contribution in [3.8, 4) is 0 Å². The van der Waals surface area contributed by atoms with E-state index in [2.05, 4.69) is 26.6 Å². The van der Waals surface area contributed by atoms with E-state index in [9.17, 15) is 9.18 Å². The van der Waals surface area contributed by atoms with Crippen LogP contribution in [0.4, 0.5) is 4.39 Å². The van der Waals surface area contributed by atoms with Crippen molar-refractivity contribution in [2.24, 2.45) is 0 Å². The lowest BCUT2D eigenvalue weighted by Gasteiger charge is -2.23. The van der Waals surface area contributed by atoms with E-state index in [1.807, 2.05) is 0 Å². The summed E-state index contributed by atoms with van der Waals surface area (Å²) in [6.45, 7) is 2.61. The van der Waals surface area contributed by atoms with Crippen molar-refractivity contribution in [3.05, 3.63) is 34.1 Å². The summed E-state index contributed by atoms with van der Waals surface area (Å²) < 4.78 is 19.1. The van der Waals surface area contributed by atoms with Crippen molar-refractivity contribution in [1.82, 2.24) is 10.6 Å². The molecule has 0 radical (unpaired) electrons.